The zero-order valence-electron chi connectivity index (χ0n) is 7.45. The van der Waals surface area contributed by atoms with Gasteiger partial charge in [0.25, 0.3) is 0 Å². The van der Waals surface area contributed by atoms with E-state index in [4.69, 9.17) is 9.84 Å². The van der Waals surface area contributed by atoms with Crippen molar-refractivity contribution in [3.05, 3.63) is 0 Å². The molecule has 2 unspecified atom stereocenters. The minimum Gasteiger partial charge on any atom is -0.481 e. The summed E-state index contributed by atoms with van der Waals surface area (Å²) in [4.78, 5) is 10.4. The molecule has 3 heteroatoms. The van der Waals surface area contributed by atoms with Gasteiger partial charge in [-0.1, -0.05) is 0 Å². The van der Waals surface area contributed by atoms with Gasteiger partial charge in [-0.05, 0) is 32.1 Å². The Kier molecular flexibility index (Phi) is 3.53. The maximum absolute atomic E-state index is 10.4. The van der Waals surface area contributed by atoms with Crippen molar-refractivity contribution in [2.45, 2.75) is 38.7 Å². The van der Waals surface area contributed by atoms with Crippen LogP contribution in [0.3, 0.4) is 0 Å². The Labute approximate surface area is 72.7 Å². The number of aliphatic carboxylic acids is 1. The summed E-state index contributed by atoms with van der Waals surface area (Å²) < 4.78 is 5.42. The standard InChI is InChI=1S/C9H16O3/c1-2-12-8-4-3-7(5-8)6-9(10)11/h7-8H,2-6H2,1H3,(H,10,11). The molecule has 0 aromatic rings. The van der Waals surface area contributed by atoms with Crippen LogP contribution in [0, 0.1) is 5.92 Å². The van der Waals surface area contributed by atoms with Crippen LogP contribution in [0.5, 0.6) is 0 Å². The maximum Gasteiger partial charge on any atom is 0.303 e. The van der Waals surface area contributed by atoms with Gasteiger partial charge in [0, 0.05) is 13.0 Å². The van der Waals surface area contributed by atoms with E-state index in [1.165, 1.54) is 0 Å². The molecule has 1 fully saturated rings. The molecule has 1 rings (SSSR count). The summed E-state index contributed by atoms with van der Waals surface area (Å²) in [7, 11) is 0. The molecule has 0 spiro atoms. The fourth-order valence-corrected chi connectivity index (χ4v) is 1.85. The van der Waals surface area contributed by atoms with Gasteiger partial charge in [-0.2, -0.15) is 0 Å². The third kappa shape index (κ3) is 2.81. The third-order valence-electron chi connectivity index (χ3n) is 2.36. The van der Waals surface area contributed by atoms with Crippen LogP contribution in [-0.2, 0) is 9.53 Å². The van der Waals surface area contributed by atoms with Gasteiger partial charge < -0.3 is 9.84 Å². The largest absolute Gasteiger partial charge is 0.481 e. The van der Waals surface area contributed by atoms with Crippen LogP contribution >= 0.6 is 0 Å². The molecule has 0 radical (unpaired) electrons. The van der Waals surface area contributed by atoms with Gasteiger partial charge in [0.1, 0.15) is 0 Å². The molecule has 1 aliphatic rings. The van der Waals surface area contributed by atoms with E-state index in [-0.39, 0.29) is 0 Å². The Bertz CT molecular complexity index is 156. The fourth-order valence-electron chi connectivity index (χ4n) is 1.85. The minimum absolute atomic E-state index is 0.309. The SMILES string of the molecule is CCOC1CCC(CC(=O)O)C1. The average molecular weight is 172 g/mol. The second kappa shape index (κ2) is 4.45. The predicted molar refractivity (Wildman–Crippen MR) is 45.0 cm³/mol. The van der Waals surface area contributed by atoms with Crippen LogP contribution in [0.2, 0.25) is 0 Å². The quantitative estimate of drug-likeness (QED) is 0.701. The van der Waals surface area contributed by atoms with E-state index in [0.29, 0.717) is 18.4 Å². The van der Waals surface area contributed by atoms with Crippen molar-refractivity contribution >= 4 is 5.97 Å². The lowest BCUT2D eigenvalue weighted by molar-refractivity contribution is -0.138. The van der Waals surface area contributed by atoms with E-state index in [1.54, 1.807) is 0 Å². The van der Waals surface area contributed by atoms with Crippen molar-refractivity contribution < 1.29 is 14.6 Å². The lowest BCUT2D eigenvalue weighted by Crippen LogP contribution is -2.09. The molecule has 1 saturated carbocycles. The molecule has 1 aliphatic carbocycles. The van der Waals surface area contributed by atoms with Gasteiger partial charge in [0.2, 0.25) is 0 Å². The Morgan fingerprint density at radius 1 is 1.58 bits per heavy atom. The summed E-state index contributed by atoms with van der Waals surface area (Å²) in [6.45, 7) is 2.72. The highest BCUT2D eigenvalue weighted by atomic mass is 16.5. The Balaban J connectivity index is 2.21. The van der Waals surface area contributed by atoms with Gasteiger partial charge >= 0.3 is 5.97 Å². The number of rotatable bonds is 4. The first-order chi connectivity index (χ1) is 5.72. The van der Waals surface area contributed by atoms with Crippen LogP contribution in [0.25, 0.3) is 0 Å². The molecule has 3 nitrogen and oxygen atoms in total. The molecule has 1 N–H and O–H groups in total. The zero-order valence-corrected chi connectivity index (χ0v) is 7.45. The van der Waals surface area contributed by atoms with Crippen molar-refractivity contribution in [2.75, 3.05) is 6.61 Å². The molecule has 0 amide bonds. The predicted octanol–water partition coefficient (Wildman–Crippen LogP) is 1.67. The van der Waals surface area contributed by atoms with Crippen LogP contribution in [0.15, 0.2) is 0 Å². The summed E-state index contributed by atoms with van der Waals surface area (Å²) >= 11 is 0. The van der Waals surface area contributed by atoms with E-state index in [2.05, 4.69) is 0 Å². The van der Waals surface area contributed by atoms with E-state index >= 15 is 0 Å². The highest BCUT2D eigenvalue weighted by Gasteiger charge is 2.26. The molecule has 0 aliphatic heterocycles. The number of carboxylic acid groups (broad SMARTS) is 1. The third-order valence-corrected chi connectivity index (χ3v) is 2.36. The Morgan fingerprint density at radius 3 is 2.92 bits per heavy atom. The topological polar surface area (TPSA) is 46.5 Å². The molecule has 0 heterocycles. The van der Waals surface area contributed by atoms with Crippen molar-refractivity contribution in [1.82, 2.24) is 0 Å². The van der Waals surface area contributed by atoms with E-state index in [0.717, 1.165) is 25.9 Å². The first kappa shape index (κ1) is 9.52. The number of ether oxygens (including phenoxy) is 1. The Morgan fingerprint density at radius 2 is 2.33 bits per heavy atom. The van der Waals surface area contributed by atoms with E-state index < -0.39 is 5.97 Å². The van der Waals surface area contributed by atoms with Gasteiger partial charge in [0.15, 0.2) is 0 Å². The molecule has 0 saturated heterocycles. The molecule has 0 bridgehead atoms. The molecule has 0 aromatic carbocycles. The molecular weight excluding hydrogens is 156 g/mol. The molecule has 70 valence electrons. The molecule has 2 atom stereocenters. The van der Waals surface area contributed by atoms with Crippen molar-refractivity contribution in [2.24, 2.45) is 5.92 Å². The monoisotopic (exact) mass is 172 g/mol. The molecule has 12 heavy (non-hydrogen) atoms. The summed E-state index contributed by atoms with van der Waals surface area (Å²) in [6.07, 6.45) is 3.60. The van der Waals surface area contributed by atoms with Crippen molar-refractivity contribution in [1.29, 1.82) is 0 Å². The van der Waals surface area contributed by atoms with Gasteiger partial charge in [0.05, 0.1) is 6.10 Å². The highest BCUT2D eigenvalue weighted by Crippen LogP contribution is 2.29. The number of carbonyl (C=O) groups is 1. The smallest absolute Gasteiger partial charge is 0.303 e. The number of carboxylic acids is 1. The van der Waals surface area contributed by atoms with Crippen molar-refractivity contribution in [3.8, 4) is 0 Å². The van der Waals surface area contributed by atoms with E-state index in [9.17, 15) is 4.79 Å². The normalized spacial score (nSPS) is 29.1. The fraction of sp³-hybridized carbons (Fsp3) is 0.889. The van der Waals surface area contributed by atoms with Crippen LogP contribution in [-0.4, -0.2) is 23.8 Å². The number of hydrogen-bond donors (Lipinski definition) is 1. The average Bonchev–Trinajstić information content (AvgIpc) is 2.36. The van der Waals surface area contributed by atoms with Gasteiger partial charge in [-0.3, -0.25) is 4.79 Å². The van der Waals surface area contributed by atoms with Crippen LogP contribution in [0.1, 0.15) is 32.6 Å². The number of hydrogen-bond acceptors (Lipinski definition) is 2. The lowest BCUT2D eigenvalue weighted by Gasteiger charge is -2.09. The summed E-state index contributed by atoms with van der Waals surface area (Å²) in [5, 5.41) is 8.55. The second-order valence-corrected chi connectivity index (χ2v) is 3.35. The second-order valence-electron chi connectivity index (χ2n) is 3.35. The maximum atomic E-state index is 10.4. The van der Waals surface area contributed by atoms with E-state index in [1.807, 2.05) is 6.92 Å². The summed E-state index contributed by atoms with van der Waals surface area (Å²) in [5.41, 5.74) is 0. The van der Waals surface area contributed by atoms with Crippen molar-refractivity contribution in [3.63, 3.8) is 0 Å². The molecular formula is C9H16O3. The zero-order chi connectivity index (χ0) is 8.97. The van der Waals surface area contributed by atoms with Gasteiger partial charge in [-0.15, -0.1) is 0 Å². The first-order valence-electron chi connectivity index (χ1n) is 4.55. The molecule has 0 aromatic heterocycles. The van der Waals surface area contributed by atoms with Crippen LogP contribution in [0.4, 0.5) is 0 Å². The highest BCUT2D eigenvalue weighted by molar-refractivity contribution is 5.67. The Hall–Kier alpha value is -0.570. The first-order valence-corrected chi connectivity index (χ1v) is 4.55. The lowest BCUT2D eigenvalue weighted by atomic mass is 10.0. The minimum atomic E-state index is -0.683. The summed E-state index contributed by atoms with van der Waals surface area (Å²) in [5.74, 6) is -0.337. The summed E-state index contributed by atoms with van der Waals surface area (Å²) in [6, 6.07) is 0. The van der Waals surface area contributed by atoms with Crippen LogP contribution < -0.4 is 0 Å². The van der Waals surface area contributed by atoms with Gasteiger partial charge in [-0.25, -0.2) is 0 Å².